The number of anilines is 1. The lowest BCUT2D eigenvalue weighted by atomic mass is 10.1. The summed E-state index contributed by atoms with van der Waals surface area (Å²) in [6, 6.07) is 12.4. The number of rotatable bonds is 7. The summed E-state index contributed by atoms with van der Waals surface area (Å²) in [5, 5.41) is 2.73. The van der Waals surface area contributed by atoms with Crippen LogP contribution in [0.2, 0.25) is 0 Å². The van der Waals surface area contributed by atoms with Crippen LogP contribution in [0, 0.1) is 0 Å². The van der Waals surface area contributed by atoms with Crippen LogP contribution in [0.4, 0.5) is 5.69 Å². The standard InChI is InChI=1S/C21H24N2O5S/c1-15(24)16-5-9-18(10-6-16)22-21(25)17-7-11-20(12-8-17)29(26,27)23(2)14-19-4-3-13-28-19/h5-12,19H,3-4,13-14H2,1-2H3,(H,22,25). The number of carbonyl (C=O) groups excluding carboxylic acids is 2. The molecule has 1 heterocycles. The average molecular weight is 416 g/mol. The topological polar surface area (TPSA) is 92.8 Å². The summed E-state index contributed by atoms with van der Waals surface area (Å²) in [6.07, 6.45) is 1.72. The van der Waals surface area contributed by atoms with E-state index in [0.717, 1.165) is 12.8 Å². The molecule has 3 rings (SSSR count). The van der Waals surface area contributed by atoms with E-state index in [0.29, 0.717) is 30.0 Å². The SMILES string of the molecule is CC(=O)c1ccc(NC(=O)c2ccc(S(=O)(=O)N(C)CC3CCCO3)cc2)cc1. The molecule has 2 aromatic carbocycles. The molecule has 0 aromatic heterocycles. The molecule has 8 heteroatoms. The van der Waals surface area contributed by atoms with Crippen molar-refractivity contribution in [3.05, 3.63) is 59.7 Å². The molecule has 154 valence electrons. The molecule has 1 atom stereocenters. The van der Waals surface area contributed by atoms with Crippen molar-refractivity contribution in [2.75, 3.05) is 25.5 Å². The van der Waals surface area contributed by atoms with Crippen molar-refractivity contribution in [1.29, 1.82) is 0 Å². The molecule has 0 saturated carbocycles. The van der Waals surface area contributed by atoms with Gasteiger partial charge in [-0.05, 0) is 68.3 Å². The van der Waals surface area contributed by atoms with Crippen molar-refractivity contribution < 1.29 is 22.7 Å². The molecule has 0 spiro atoms. The zero-order valence-corrected chi connectivity index (χ0v) is 17.2. The molecule has 1 unspecified atom stereocenters. The van der Waals surface area contributed by atoms with Crippen LogP contribution in [-0.2, 0) is 14.8 Å². The molecule has 0 aliphatic carbocycles. The van der Waals surface area contributed by atoms with Gasteiger partial charge in [-0.15, -0.1) is 0 Å². The number of hydrogen-bond acceptors (Lipinski definition) is 5. The van der Waals surface area contributed by atoms with Gasteiger partial charge in [0.15, 0.2) is 5.78 Å². The number of likely N-dealkylation sites (N-methyl/N-ethyl adjacent to an activating group) is 1. The third kappa shape index (κ3) is 5.09. The van der Waals surface area contributed by atoms with Crippen LogP contribution in [0.1, 0.15) is 40.5 Å². The molecule has 2 aromatic rings. The van der Waals surface area contributed by atoms with E-state index in [4.69, 9.17) is 4.74 Å². The molecule has 29 heavy (non-hydrogen) atoms. The minimum Gasteiger partial charge on any atom is -0.377 e. The zero-order chi connectivity index (χ0) is 21.0. The summed E-state index contributed by atoms with van der Waals surface area (Å²) in [5.41, 5.74) is 1.44. The first-order valence-corrected chi connectivity index (χ1v) is 10.8. The minimum atomic E-state index is -3.65. The number of amides is 1. The highest BCUT2D eigenvalue weighted by Crippen LogP contribution is 2.20. The van der Waals surface area contributed by atoms with Gasteiger partial charge in [-0.3, -0.25) is 9.59 Å². The Labute approximate surface area is 170 Å². The Morgan fingerprint density at radius 1 is 1.07 bits per heavy atom. The van der Waals surface area contributed by atoms with Crippen LogP contribution in [0.15, 0.2) is 53.4 Å². The Bertz CT molecular complexity index is 979. The van der Waals surface area contributed by atoms with E-state index in [1.807, 2.05) is 0 Å². The van der Waals surface area contributed by atoms with Crippen LogP contribution in [0.5, 0.6) is 0 Å². The second-order valence-electron chi connectivity index (χ2n) is 7.03. The highest BCUT2D eigenvalue weighted by atomic mass is 32.2. The van der Waals surface area contributed by atoms with Gasteiger partial charge in [0.25, 0.3) is 5.91 Å². The smallest absolute Gasteiger partial charge is 0.255 e. The molecule has 1 aliphatic heterocycles. The Hall–Kier alpha value is -2.55. The van der Waals surface area contributed by atoms with Gasteiger partial charge in [0.2, 0.25) is 10.0 Å². The van der Waals surface area contributed by atoms with Crippen LogP contribution in [-0.4, -0.2) is 50.7 Å². The summed E-state index contributed by atoms with van der Waals surface area (Å²) < 4.78 is 32.2. The predicted molar refractivity (Wildman–Crippen MR) is 110 cm³/mol. The zero-order valence-electron chi connectivity index (χ0n) is 16.4. The second-order valence-corrected chi connectivity index (χ2v) is 9.08. The molecule has 1 fully saturated rings. The van der Waals surface area contributed by atoms with Crippen molar-refractivity contribution in [3.63, 3.8) is 0 Å². The molecule has 7 nitrogen and oxygen atoms in total. The van der Waals surface area contributed by atoms with Gasteiger partial charge in [0.05, 0.1) is 11.0 Å². The molecule has 0 bridgehead atoms. The quantitative estimate of drug-likeness (QED) is 0.701. The van der Waals surface area contributed by atoms with E-state index < -0.39 is 10.0 Å². The lowest BCUT2D eigenvalue weighted by Gasteiger charge is -2.20. The fourth-order valence-electron chi connectivity index (χ4n) is 3.12. The maximum atomic E-state index is 12.7. The van der Waals surface area contributed by atoms with Gasteiger partial charge >= 0.3 is 0 Å². The van der Waals surface area contributed by atoms with Gasteiger partial charge in [0, 0.05) is 37.0 Å². The summed E-state index contributed by atoms with van der Waals surface area (Å²) >= 11 is 0. The van der Waals surface area contributed by atoms with Gasteiger partial charge in [0.1, 0.15) is 0 Å². The highest BCUT2D eigenvalue weighted by Gasteiger charge is 2.26. The summed E-state index contributed by atoms with van der Waals surface area (Å²) in [5.74, 6) is -0.415. The van der Waals surface area contributed by atoms with E-state index >= 15 is 0 Å². The first-order valence-electron chi connectivity index (χ1n) is 9.38. The number of ether oxygens (including phenoxy) is 1. The van der Waals surface area contributed by atoms with Crippen molar-refractivity contribution in [3.8, 4) is 0 Å². The number of benzene rings is 2. The number of Topliss-reactive ketones (excluding diaryl/α,β-unsaturated/α-hetero) is 1. The Morgan fingerprint density at radius 2 is 1.69 bits per heavy atom. The molecular formula is C21H24N2O5S. The van der Waals surface area contributed by atoms with Crippen LogP contribution in [0.3, 0.4) is 0 Å². The largest absolute Gasteiger partial charge is 0.377 e. The first kappa shape index (κ1) is 21.2. The number of nitrogens with zero attached hydrogens (tertiary/aromatic N) is 1. The summed E-state index contributed by atoms with van der Waals surface area (Å²) in [4.78, 5) is 23.8. The van der Waals surface area contributed by atoms with Gasteiger partial charge in [-0.25, -0.2) is 8.42 Å². The second kappa shape index (κ2) is 8.86. The van der Waals surface area contributed by atoms with Crippen molar-refractivity contribution >= 4 is 27.4 Å². The van der Waals surface area contributed by atoms with Gasteiger partial charge < -0.3 is 10.1 Å². The van der Waals surface area contributed by atoms with Crippen molar-refractivity contribution in [2.24, 2.45) is 0 Å². The highest BCUT2D eigenvalue weighted by molar-refractivity contribution is 7.89. The maximum Gasteiger partial charge on any atom is 0.255 e. The molecule has 1 aliphatic rings. The molecule has 1 N–H and O–H groups in total. The first-order chi connectivity index (χ1) is 13.8. The number of carbonyl (C=O) groups is 2. The van der Waals surface area contributed by atoms with Gasteiger partial charge in [-0.1, -0.05) is 0 Å². The average Bonchev–Trinajstić information content (AvgIpc) is 3.21. The Morgan fingerprint density at radius 3 is 2.24 bits per heavy atom. The van der Waals surface area contributed by atoms with E-state index in [1.54, 1.807) is 24.3 Å². The fraction of sp³-hybridized carbons (Fsp3) is 0.333. The van der Waals surface area contributed by atoms with Crippen LogP contribution >= 0.6 is 0 Å². The van der Waals surface area contributed by atoms with Crippen molar-refractivity contribution in [2.45, 2.75) is 30.8 Å². The third-order valence-corrected chi connectivity index (χ3v) is 6.70. The van der Waals surface area contributed by atoms with E-state index in [2.05, 4.69) is 5.32 Å². The number of sulfonamides is 1. The molecule has 1 amide bonds. The Kier molecular flexibility index (Phi) is 6.46. The lowest BCUT2D eigenvalue weighted by Crippen LogP contribution is -2.34. The number of hydrogen-bond donors (Lipinski definition) is 1. The van der Waals surface area contributed by atoms with E-state index in [1.165, 1.54) is 42.5 Å². The van der Waals surface area contributed by atoms with Crippen LogP contribution < -0.4 is 5.32 Å². The van der Waals surface area contributed by atoms with Crippen LogP contribution in [0.25, 0.3) is 0 Å². The Balaban J connectivity index is 1.66. The normalized spacial score (nSPS) is 16.7. The van der Waals surface area contributed by atoms with Gasteiger partial charge in [-0.2, -0.15) is 4.31 Å². The van der Waals surface area contributed by atoms with E-state index in [9.17, 15) is 18.0 Å². The molecular weight excluding hydrogens is 392 g/mol. The fourth-order valence-corrected chi connectivity index (χ4v) is 4.33. The monoisotopic (exact) mass is 416 g/mol. The predicted octanol–water partition coefficient (Wildman–Crippen LogP) is 2.94. The lowest BCUT2D eigenvalue weighted by molar-refractivity contribution is 0.0978. The minimum absolute atomic E-state index is 0.0517. The summed E-state index contributed by atoms with van der Waals surface area (Å²) in [6.45, 7) is 2.45. The number of nitrogens with one attached hydrogen (secondary N) is 1. The third-order valence-electron chi connectivity index (χ3n) is 4.86. The molecule has 0 radical (unpaired) electrons. The maximum absolute atomic E-state index is 12.7. The van der Waals surface area contributed by atoms with Crippen molar-refractivity contribution in [1.82, 2.24) is 4.31 Å². The van der Waals surface area contributed by atoms with E-state index in [-0.39, 0.29) is 22.7 Å². The summed E-state index contributed by atoms with van der Waals surface area (Å²) in [7, 11) is -2.12. The number of ketones is 1. The molecule has 1 saturated heterocycles.